The average Bonchev–Trinajstić information content (AvgIpc) is 3.04. The summed E-state index contributed by atoms with van der Waals surface area (Å²) in [6.07, 6.45) is 0.956. The Morgan fingerprint density at radius 3 is 2.61 bits per heavy atom. The summed E-state index contributed by atoms with van der Waals surface area (Å²) in [5.41, 5.74) is -0.651. The molecule has 0 saturated carbocycles. The van der Waals surface area contributed by atoms with Crippen molar-refractivity contribution >= 4 is 17.7 Å². The number of carbonyl (C=O) groups is 1. The van der Waals surface area contributed by atoms with Crippen molar-refractivity contribution in [1.29, 1.82) is 0 Å². The highest BCUT2D eigenvalue weighted by Gasteiger charge is 2.41. The zero-order chi connectivity index (χ0) is 16.3. The Kier molecular flexibility index (Phi) is 5.18. The molecule has 2 aliphatic rings. The standard InChI is InChI=1S/C16H20F2N2O2S/c17-12-2-1-3-13(18)14(12)15(21)19-10-16(4-9-23-11-16)20-5-7-22-8-6-20/h1-3H,4-11H2,(H,19,21)/t16-/m1/s1. The van der Waals surface area contributed by atoms with Crippen molar-refractivity contribution in [2.45, 2.75) is 12.0 Å². The van der Waals surface area contributed by atoms with Gasteiger partial charge in [0.2, 0.25) is 0 Å². The Morgan fingerprint density at radius 2 is 2.00 bits per heavy atom. The maximum Gasteiger partial charge on any atom is 0.257 e. The van der Waals surface area contributed by atoms with Crippen LogP contribution in [0.25, 0.3) is 0 Å². The summed E-state index contributed by atoms with van der Waals surface area (Å²) in [5.74, 6) is -0.411. The summed E-state index contributed by atoms with van der Waals surface area (Å²) in [6.45, 7) is 3.41. The third-order valence-corrected chi connectivity index (χ3v) is 5.77. The Hall–Kier alpha value is -1.18. The molecule has 0 aromatic heterocycles. The fourth-order valence-corrected chi connectivity index (χ4v) is 4.66. The molecule has 2 saturated heterocycles. The first-order chi connectivity index (χ1) is 11.1. The molecule has 23 heavy (non-hydrogen) atoms. The van der Waals surface area contributed by atoms with Crippen molar-refractivity contribution in [3.05, 3.63) is 35.4 Å². The quantitative estimate of drug-likeness (QED) is 0.908. The Morgan fingerprint density at radius 1 is 1.30 bits per heavy atom. The van der Waals surface area contributed by atoms with E-state index in [1.165, 1.54) is 6.07 Å². The van der Waals surface area contributed by atoms with E-state index in [-0.39, 0.29) is 5.54 Å². The molecule has 1 aromatic rings. The van der Waals surface area contributed by atoms with Gasteiger partial charge in [-0.2, -0.15) is 11.8 Å². The molecule has 2 fully saturated rings. The molecule has 3 rings (SSSR count). The zero-order valence-electron chi connectivity index (χ0n) is 12.8. The van der Waals surface area contributed by atoms with Crippen molar-refractivity contribution in [2.24, 2.45) is 0 Å². The molecule has 0 bridgehead atoms. The average molecular weight is 342 g/mol. The number of amides is 1. The van der Waals surface area contributed by atoms with Crippen molar-refractivity contribution in [3.63, 3.8) is 0 Å². The summed E-state index contributed by atoms with van der Waals surface area (Å²) in [7, 11) is 0. The first kappa shape index (κ1) is 16.7. The van der Waals surface area contributed by atoms with E-state index >= 15 is 0 Å². The number of benzene rings is 1. The van der Waals surface area contributed by atoms with Crippen LogP contribution in [0, 0.1) is 11.6 Å². The summed E-state index contributed by atoms with van der Waals surface area (Å²) < 4.78 is 32.8. The van der Waals surface area contributed by atoms with Crippen LogP contribution < -0.4 is 5.32 Å². The number of carbonyl (C=O) groups excluding carboxylic acids is 1. The van der Waals surface area contributed by atoms with Crippen LogP contribution in [0.4, 0.5) is 8.78 Å². The molecule has 1 aromatic carbocycles. The molecule has 0 spiro atoms. The first-order valence-electron chi connectivity index (χ1n) is 7.75. The highest BCUT2D eigenvalue weighted by atomic mass is 32.2. The lowest BCUT2D eigenvalue weighted by atomic mass is 9.95. The minimum absolute atomic E-state index is 0.147. The summed E-state index contributed by atoms with van der Waals surface area (Å²) in [4.78, 5) is 14.6. The third kappa shape index (κ3) is 3.51. The SMILES string of the molecule is O=C(NC[C@]1(N2CCOCC2)CCSC1)c1c(F)cccc1F. The molecule has 2 aliphatic heterocycles. The van der Waals surface area contributed by atoms with E-state index in [0.29, 0.717) is 19.8 Å². The smallest absolute Gasteiger partial charge is 0.257 e. The maximum atomic E-state index is 13.7. The van der Waals surface area contributed by atoms with Gasteiger partial charge in [-0.15, -0.1) is 0 Å². The highest BCUT2D eigenvalue weighted by molar-refractivity contribution is 7.99. The van der Waals surface area contributed by atoms with Crippen LogP contribution in [-0.2, 0) is 4.74 Å². The normalized spacial score (nSPS) is 25.5. The minimum Gasteiger partial charge on any atom is -0.379 e. The number of rotatable bonds is 4. The molecule has 2 heterocycles. The lowest BCUT2D eigenvalue weighted by Gasteiger charge is -2.43. The van der Waals surface area contributed by atoms with Gasteiger partial charge in [0.15, 0.2) is 0 Å². The van der Waals surface area contributed by atoms with Crippen LogP contribution in [0.5, 0.6) is 0 Å². The maximum absolute atomic E-state index is 13.7. The molecule has 7 heteroatoms. The minimum atomic E-state index is -0.830. The fraction of sp³-hybridized carbons (Fsp3) is 0.562. The van der Waals surface area contributed by atoms with Gasteiger partial charge in [0.05, 0.1) is 13.2 Å². The van der Waals surface area contributed by atoms with Crippen LogP contribution in [-0.4, -0.2) is 60.7 Å². The summed E-state index contributed by atoms with van der Waals surface area (Å²) in [5, 5.41) is 2.75. The molecule has 0 unspecified atom stereocenters. The topological polar surface area (TPSA) is 41.6 Å². The van der Waals surface area contributed by atoms with E-state index in [0.717, 1.165) is 43.1 Å². The number of thioether (sulfide) groups is 1. The lowest BCUT2D eigenvalue weighted by Crippen LogP contribution is -2.59. The Bertz CT molecular complexity index is 553. The Labute approximate surface area is 138 Å². The second-order valence-corrected chi connectivity index (χ2v) is 7.01. The van der Waals surface area contributed by atoms with Crippen LogP contribution in [0.2, 0.25) is 0 Å². The van der Waals surface area contributed by atoms with E-state index in [1.807, 2.05) is 11.8 Å². The van der Waals surface area contributed by atoms with Gasteiger partial charge in [-0.25, -0.2) is 8.78 Å². The van der Waals surface area contributed by atoms with Crippen molar-refractivity contribution < 1.29 is 18.3 Å². The van der Waals surface area contributed by atoms with E-state index in [1.54, 1.807) is 0 Å². The van der Waals surface area contributed by atoms with Gasteiger partial charge >= 0.3 is 0 Å². The van der Waals surface area contributed by atoms with Crippen molar-refractivity contribution in [1.82, 2.24) is 10.2 Å². The number of nitrogens with zero attached hydrogens (tertiary/aromatic N) is 1. The number of hydrogen-bond acceptors (Lipinski definition) is 4. The number of ether oxygens (including phenoxy) is 1. The molecule has 1 atom stereocenters. The molecular weight excluding hydrogens is 322 g/mol. The summed E-state index contributed by atoms with van der Waals surface area (Å²) in [6, 6.07) is 3.45. The third-order valence-electron chi connectivity index (χ3n) is 4.53. The van der Waals surface area contributed by atoms with Crippen LogP contribution in [0.1, 0.15) is 16.8 Å². The second-order valence-electron chi connectivity index (χ2n) is 5.91. The molecule has 1 N–H and O–H groups in total. The van der Waals surface area contributed by atoms with Crippen LogP contribution in [0.15, 0.2) is 18.2 Å². The van der Waals surface area contributed by atoms with Crippen LogP contribution in [0.3, 0.4) is 0 Å². The van der Waals surface area contributed by atoms with Gasteiger partial charge in [-0.05, 0) is 24.3 Å². The Balaban J connectivity index is 1.70. The molecule has 0 radical (unpaired) electrons. The fourth-order valence-electron chi connectivity index (χ4n) is 3.18. The van der Waals surface area contributed by atoms with E-state index in [9.17, 15) is 13.6 Å². The van der Waals surface area contributed by atoms with E-state index < -0.39 is 23.1 Å². The monoisotopic (exact) mass is 342 g/mol. The molecule has 4 nitrogen and oxygen atoms in total. The molecule has 0 aliphatic carbocycles. The predicted octanol–water partition coefficient (Wildman–Crippen LogP) is 1.90. The van der Waals surface area contributed by atoms with Gasteiger partial charge in [-0.1, -0.05) is 6.07 Å². The van der Waals surface area contributed by atoms with Crippen LogP contribution >= 0.6 is 11.8 Å². The number of hydrogen-bond donors (Lipinski definition) is 1. The van der Waals surface area contributed by atoms with Gasteiger partial charge < -0.3 is 10.1 Å². The van der Waals surface area contributed by atoms with E-state index in [4.69, 9.17) is 4.74 Å². The highest BCUT2D eigenvalue weighted by Crippen LogP contribution is 2.33. The van der Waals surface area contributed by atoms with Gasteiger partial charge in [0, 0.05) is 30.9 Å². The second kappa shape index (κ2) is 7.15. The van der Waals surface area contributed by atoms with Gasteiger partial charge in [-0.3, -0.25) is 9.69 Å². The largest absolute Gasteiger partial charge is 0.379 e. The lowest BCUT2D eigenvalue weighted by molar-refractivity contribution is -0.0129. The molecule has 1 amide bonds. The number of halogens is 2. The van der Waals surface area contributed by atoms with E-state index in [2.05, 4.69) is 10.2 Å². The van der Waals surface area contributed by atoms with Gasteiger partial charge in [0.1, 0.15) is 17.2 Å². The molecule has 126 valence electrons. The zero-order valence-corrected chi connectivity index (χ0v) is 13.6. The van der Waals surface area contributed by atoms with Crippen molar-refractivity contribution in [2.75, 3.05) is 44.4 Å². The first-order valence-corrected chi connectivity index (χ1v) is 8.91. The van der Waals surface area contributed by atoms with Gasteiger partial charge in [0.25, 0.3) is 5.91 Å². The van der Waals surface area contributed by atoms with Crippen molar-refractivity contribution in [3.8, 4) is 0 Å². The predicted molar refractivity (Wildman–Crippen MR) is 85.8 cm³/mol. The number of morpholine rings is 1. The molecular formula is C16H20F2N2O2S. The number of nitrogens with one attached hydrogen (secondary N) is 1. The summed E-state index contributed by atoms with van der Waals surface area (Å²) >= 11 is 1.85.